The smallest absolute Gasteiger partial charge is 0.492 e. The molecule has 14 heavy (non-hydrogen) atoms. The number of carbonyl (C=O) groups excluding carboxylic acids is 1. The average Bonchev–Trinajstić information content (AvgIpc) is 2.16. The van der Waals surface area contributed by atoms with Crippen LogP contribution in [0.25, 0.3) is 0 Å². The number of ether oxygens (including phenoxy) is 1. The Balaban J connectivity index is 3.32. The van der Waals surface area contributed by atoms with Gasteiger partial charge in [-0.25, -0.2) is 0 Å². The third-order valence-electron chi connectivity index (χ3n) is 1.75. The maximum Gasteiger partial charge on any atom is 0.492 e. The Kier molecular flexibility index (Phi) is 3.52. The van der Waals surface area contributed by atoms with Gasteiger partial charge in [0, 0.05) is 11.0 Å². The number of hydrogen-bond donors (Lipinski definition) is 2. The highest BCUT2D eigenvalue weighted by Gasteiger charge is 2.19. The van der Waals surface area contributed by atoms with E-state index in [1.807, 2.05) is 0 Å². The standard InChI is InChI=1S/C8H8BClO4/c1-14-8-3-7(10)5(4-11)2-6(8)9(12)13/h2-4,12-13H,1H3. The van der Waals surface area contributed by atoms with Crippen molar-refractivity contribution in [2.75, 3.05) is 7.11 Å². The molecule has 2 N–H and O–H groups in total. The Labute approximate surface area is 86.2 Å². The van der Waals surface area contributed by atoms with Gasteiger partial charge in [-0.2, -0.15) is 0 Å². The lowest BCUT2D eigenvalue weighted by atomic mass is 9.79. The summed E-state index contributed by atoms with van der Waals surface area (Å²) in [6.07, 6.45) is 0.535. The molecule has 0 radical (unpaired) electrons. The topological polar surface area (TPSA) is 66.8 Å². The summed E-state index contributed by atoms with van der Waals surface area (Å²) in [6.45, 7) is 0. The van der Waals surface area contributed by atoms with Crippen LogP contribution in [-0.2, 0) is 0 Å². The highest BCUT2D eigenvalue weighted by molar-refractivity contribution is 6.60. The van der Waals surface area contributed by atoms with Crippen LogP contribution in [0, 0.1) is 0 Å². The molecule has 1 aromatic rings. The maximum atomic E-state index is 10.5. The van der Waals surface area contributed by atoms with Crippen LogP contribution in [0.15, 0.2) is 12.1 Å². The van der Waals surface area contributed by atoms with Crippen LogP contribution in [0.3, 0.4) is 0 Å². The molecule has 0 bridgehead atoms. The lowest BCUT2D eigenvalue weighted by Crippen LogP contribution is -2.31. The van der Waals surface area contributed by atoms with Crippen LogP contribution in [0.2, 0.25) is 5.02 Å². The van der Waals surface area contributed by atoms with Crippen molar-refractivity contribution in [1.29, 1.82) is 0 Å². The molecule has 0 saturated carbocycles. The molecule has 0 aromatic heterocycles. The predicted molar refractivity (Wildman–Crippen MR) is 53.2 cm³/mol. The number of aldehydes is 1. The van der Waals surface area contributed by atoms with Gasteiger partial charge in [-0.1, -0.05) is 11.6 Å². The summed E-state index contributed by atoms with van der Waals surface area (Å²) in [5, 5.41) is 18.1. The first kappa shape index (κ1) is 11.0. The average molecular weight is 214 g/mol. The largest absolute Gasteiger partial charge is 0.497 e. The van der Waals surface area contributed by atoms with E-state index in [9.17, 15) is 4.79 Å². The van der Waals surface area contributed by atoms with E-state index in [0.717, 1.165) is 0 Å². The lowest BCUT2D eigenvalue weighted by Gasteiger charge is -2.09. The Morgan fingerprint density at radius 1 is 1.50 bits per heavy atom. The Morgan fingerprint density at radius 3 is 2.57 bits per heavy atom. The summed E-state index contributed by atoms with van der Waals surface area (Å²) in [5.74, 6) is 0.232. The van der Waals surface area contributed by atoms with Crippen molar-refractivity contribution in [3.8, 4) is 5.75 Å². The van der Waals surface area contributed by atoms with Crippen LogP contribution < -0.4 is 10.2 Å². The highest BCUT2D eigenvalue weighted by atomic mass is 35.5. The van der Waals surface area contributed by atoms with Gasteiger partial charge in [0.05, 0.1) is 12.1 Å². The predicted octanol–water partition coefficient (Wildman–Crippen LogP) is -0.159. The normalized spacial score (nSPS) is 9.71. The van der Waals surface area contributed by atoms with Crippen LogP contribution in [-0.4, -0.2) is 30.6 Å². The molecule has 6 heteroatoms. The zero-order chi connectivity index (χ0) is 10.7. The summed E-state index contributed by atoms with van der Waals surface area (Å²) in [7, 11) is -0.320. The minimum absolute atomic E-state index is 0.110. The number of methoxy groups -OCH3 is 1. The minimum atomic E-state index is -1.69. The molecular weight excluding hydrogens is 206 g/mol. The first-order chi connectivity index (χ1) is 6.60. The molecule has 0 amide bonds. The number of carbonyl (C=O) groups is 1. The molecule has 1 rings (SSSR count). The van der Waals surface area contributed by atoms with Crippen LogP contribution in [0.1, 0.15) is 10.4 Å². The molecule has 0 spiro atoms. The van der Waals surface area contributed by atoms with E-state index in [1.165, 1.54) is 19.2 Å². The Morgan fingerprint density at radius 2 is 2.14 bits per heavy atom. The van der Waals surface area contributed by atoms with E-state index in [1.54, 1.807) is 0 Å². The second-order valence-corrected chi connectivity index (χ2v) is 3.01. The first-order valence-electron chi connectivity index (χ1n) is 3.79. The van der Waals surface area contributed by atoms with E-state index in [0.29, 0.717) is 6.29 Å². The van der Waals surface area contributed by atoms with Crippen molar-refractivity contribution in [3.63, 3.8) is 0 Å². The summed E-state index contributed by atoms with van der Waals surface area (Å²) in [4.78, 5) is 10.5. The fourth-order valence-electron chi connectivity index (χ4n) is 1.06. The van der Waals surface area contributed by atoms with Gasteiger partial charge in [0.25, 0.3) is 0 Å². The molecule has 0 fully saturated rings. The van der Waals surface area contributed by atoms with Gasteiger partial charge in [-0.05, 0) is 12.1 Å². The van der Waals surface area contributed by atoms with E-state index < -0.39 is 7.12 Å². The maximum absolute atomic E-state index is 10.5. The zero-order valence-electron chi connectivity index (χ0n) is 7.40. The van der Waals surface area contributed by atoms with Gasteiger partial charge in [-0.15, -0.1) is 0 Å². The van der Waals surface area contributed by atoms with Crippen molar-refractivity contribution in [3.05, 3.63) is 22.7 Å². The summed E-state index contributed by atoms with van der Waals surface area (Å²) in [6, 6.07) is 2.64. The Bertz CT molecular complexity index is 353. The molecule has 74 valence electrons. The van der Waals surface area contributed by atoms with Gasteiger partial charge in [0.15, 0.2) is 6.29 Å². The van der Waals surface area contributed by atoms with Crippen LogP contribution >= 0.6 is 11.6 Å². The second kappa shape index (κ2) is 4.46. The van der Waals surface area contributed by atoms with Crippen LogP contribution in [0.5, 0.6) is 5.75 Å². The van der Waals surface area contributed by atoms with Crippen molar-refractivity contribution in [1.82, 2.24) is 0 Å². The quantitative estimate of drug-likeness (QED) is 0.542. The molecule has 4 nitrogen and oxygen atoms in total. The fourth-order valence-corrected chi connectivity index (χ4v) is 1.26. The van der Waals surface area contributed by atoms with Gasteiger partial charge < -0.3 is 14.8 Å². The molecule has 1 aromatic carbocycles. The summed E-state index contributed by atoms with van der Waals surface area (Å²) >= 11 is 5.71. The lowest BCUT2D eigenvalue weighted by molar-refractivity contribution is 0.112. The van der Waals surface area contributed by atoms with E-state index in [4.69, 9.17) is 26.4 Å². The fraction of sp³-hybridized carbons (Fsp3) is 0.125. The van der Waals surface area contributed by atoms with Crippen molar-refractivity contribution in [2.45, 2.75) is 0 Å². The van der Waals surface area contributed by atoms with Gasteiger partial charge in [0.1, 0.15) is 5.75 Å². The summed E-state index contributed by atoms with van der Waals surface area (Å²) < 4.78 is 4.87. The molecule has 0 saturated heterocycles. The van der Waals surface area contributed by atoms with Gasteiger partial charge in [0.2, 0.25) is 0 Å². The Hall–Kier alpha value is -1.04. The SMILES string of the molecule is COc1cc(Cl)c(C=O)cc1B(O)O. The number of halogens is 1. The monoisotopic (exact) mass is 214 g/mol. The molecule has 0 aliphatic heterocycles. The molecule has 0 heterocycles. The zero-order valence-corrected chi connectivity index (χ0v) is 8.15. The van der Waals surface area contributed by atoms with Crippen molar-refractivity contribution >= 4 is 30.5 Å². The van der Waals surface area contributed by atoms with Gasteiger partial charge >= 0.3 is 7.12 Å². The van der Waals surface area contributed by atoms with Gasteiger partial charge in [-0.3, -0.25) is 4.79 Å². The van der Waals surface area contributed by atoms with Crippen molar-refractivity contribution in [2.24, 2.45) is 0 Å². The molecule has 0 aliphatic carbocycles. The van der Waals surface area contributed by atoms with E-state index >= 15 is 0 Å². The van der Waals surface area contributed by atoms with Crippen LogP contribution in [0.4, 0.5) is 0 Å². The number of benzene rings is 1. The van der Waals surface area contributed by atoms with Crippen molar-refractivity contribution < 1.29 is 19.6 Å². The first-order valence-corrected chi connectivity index (χ1v) is 4.16. The second-order valence-electron chi connectivity index (χ2n) is 2.61. The molecular formula is C8H8BClO4. The number of hydrogen-bond acceptors (Lipinski definition) is 4. The third-order valence-corrected chi connectivity index (χ3v) is 2.08. The van der Waals surface area contributed by atoms with E-state index in [2.05, 4.69) is 0 Å². The highest BCUT2D eigenvalue weighted by Crippen LogP contribution is 2.19. The molecule has 0 unspecified atom stereocenters. The molecule has 0 aliphatic rings. The minimum Gasteiger partial charge on any atom is -0.497 e. The van der Waals surface area contributed by atoms with E-state index in [-0.39, 0.29) is 21.8 Å². The summed E-state index contributed by atoms with van der Waals surface area (Å²) in [5.41, 5.74) is 0.301. The third kappa shape index (κ3) is 2.06. The molecule has 0 atom stereocenters. The number of rotatable bonds is 3.